The first-order chi connectivity index (χ1) is 16.4. The largest absolute Gasteiger partial charge is 0.299 e. The minimum atomic E-state index is -3.92. The maximum atomic E-state index is 13.9. The number of anilines is 1. The molecule has 2 unspecified atom stereocenters. The monoisotopic (exact) mass is 500 g/mol. The van der Waals surface area contributed by atoms with E-state index in [0.29, 0.717) is 24.3 Å². The second-order valence-corrected chi connectivity index (χ2v) is 12.6. The van der Waals surface area contributed by atoms with Gasteiger partial charge in [-0.15, -0.1) is 11.3 Å². The molecule has 1 aromatic carbocycles. The first-order valence-corrected chi connectivity index (χ1v) is 13.9. The number of hydrogen-bond acceptors (Lipinski definition) is 6. The maximum Gasteiger partial charge on any atom is 0.288 e. The van der Waals surface area contributed by atoms with Crippen LogP contribution in [0.15, 0.2) is 64.9 Å². The van der Waals surface area contributed by atoms with Crippen LogP contribution in [0.5, 0.6) is 0 Å². The molecule has 0 radical (unpaired) electrons. The van der Waals surface area contributed by atoms with Crippen molar-refractivity contribution >= 4 is 27.2 Å². The van der Waals surface area contributed by atoms with Gasteiger partial charge in [0.05, 0.1) is 0 Å². The molecule has 180 valence electrons. The van der Waals surface area contributed by atoms with Crippen LogP contribution in [-0.2, 0) is 16.6 Å². The Hall–Kier alpha value is -2.33. The second kappa shape index (κ2) is 9.73. The van der Waals surface area contributed by atoms with Crippen molar-refractivity contribution in [2.45, 2.75) is 30.5 Å². The van der Waals surface area contributed by atoms with Crippen LogP contribution >= 0.6 is 11.3 Å². The van der Waals surface area contributed by atoms with Gasteiger partial charge >= 0.3 is 0 Å². The lowest BCUT2D eigenvalue weighted by molar-refractivity contribution is 0.103. The number of sulfonamides is 1. The molecule has 3 heterocycles. The van der Waals surface area contributed by atoms with Gasteiger partial charge in [0.25, 0.3) is 10.0 Å². The Morgan fingerprint density at radius 1 is 1.06 bits per heavy atom. The summed E-state index contributed by atoms with van der Waals surface area (Å²) in [7, 11) is -3.92. The third-order valence-corrected chi connectivity index (χ3v) is 10.1. The van der Waals surface area contributed by atoms with E-state index < -0.39 is 16.0 Å². The number of aryl methyl sites for hydroxylation is 1. The van der Waals surface area contributed by atoms with Crippen LogP contribution in [0.2, 0.25) is 0 Å². The number of pyridine rings is 1. The van der Waals surface area contributed by atoms with Gasteiger partial charge in [0.2, 0.25) is 5.95 Å². The van der Waals surface area contributed by atoms with Gasteiger partial charge in [-0.05, 0) is 67.3 Å². The van der Waals surface area contributed by atoms with Crippen LogP contribution in [0.1, 0.15) is 23.3 Å². The van der Waals surface area contributed by atoms with E-state index in [1.807, 2.05) is 13.0 Å². The first kappa shape index (κ1) is 23.4. The average molecular weight is 501 g/mol. The summed E-state index contributed by atoms with van der Waals surface area (Å²) in [5, 5.41) is 0. The quantitative estimate of drug-likeness (QED) is 0.366. The van der Waals surface area contributed by atoms with Crippen molar-refractivity contribution in [1.29, 1.82) is 0 Å². The number of fused-ring (bicyclic) bond motifs is 2. The van der Waals surface area contributed by atoms with Crippen LogP contribution in [0.4, 0.5) is 10.2 Å². The number of thiophene rings is 1. The number of piperidine rings is 1. The van der Waals surface area contributed by atoms with Crippen LogP contribution in [0.25, 0.3) is 0 Å². The Morgan fingerprint density at radius 3 is 2.44 bits per heavy atom. The number of hydrogen-bond donors (Lipinski definition) is 1. The van der Waals surface area contributed by atoms with Crippen molar-refractivity contribution in [3.8, 4) is 0 Å². The Balaban J connectivity index is 1.32. The standard InChI is InChI=1S/C25H29FN4O2S2/c1-18-10-13-25(33-18)34(31,32)30(24-9-5-8-23(26)28-24)27-14-22-20-11-12-21(22)17-29(16-20)15-19-6-3-2-4-7-19/h2-10,13,20-22,27H,11-12,14-17H2,1H3. The van der Waals surface area contributed by atoms with Crippen LogP contribution in [0, 0.1) is 30.6 Å². The Morgan fingerprint density at radius 2 is 1.79 bits per heavy atom. The fourth-order valence-corrected chi connectivity index (χ4v) is 8.01. The predicted molar refractivity (Wildman–Crippen MR) is 132 cm³/mol. The van der Waals surface area contributed by atoms with E-state index >= 15 is 0 Å². The number of rotatable bonds is 8. The molecule has 1 saturated carbocycles. The molecule has 9 heteroatoms. The molecular weight excluding hydrogens is 471 g/mol. The van der Waals surface area contributed by atoms with Crippen molar-refractivity contribution in [2.75, 3.05) is 24.0 Å². The summed E-state index contributed by atoms with van der Waals surface area (Å²) in [6, 6.07) is 18.1. The molecule has 5 rings (SSSR count). The molecule has 6 nitrogen and oxygen atoms in total. The first-order valence-electron chi connectivity index (χ1n) is 11.6. The molecule has 2 atom stereocenters. The fraction of sp³-hybridized carbons (Fsp3) is 0.400. The highest BCUT2D eigenvalue weighted by molar-refractivity contribution is 7.94. The van der Waals surface area contributed by atoms with Gasteiger partial charge in [-0.2, -0.15) is 22.2 Å². The number of nitrogens with one attached hydrogen (secondary N) is 1. The summed E-state index contributed by atoms with van der Waals surface area (Å²) in [6.45, 7) is 5.33. The molecule has 2 aliphatic rings. The van der Waals surface area contributed by atoms with Crippen molar-refractivity contribution in [3.05, 3.63) is 77.1 Å². The molecule has 1 N–H and O–H groups in total. The lowest BCUT2D eigenvalue weighted by Crippen LogP contribution is -2.50. The molecule has 0 spiro atoms. The smallest absolute Gasteiger partial charge is 0.288 e. The van der Waals surface area contributed by atoms with E-state index in [1.165, 1.54) is 35.1 Å². The lowest BCUT2D eigenvalue weighted by Gasteiger charge is -2.39. The highest BCUT2D eigenvalue weighted by atomic mass is 32.2. The van der Waals surface area contributed by atoms with E-state index in [4.69, 9.17) is 0 Å². The van der Waals surface area contributed by atoms with Crippen LogP contribution in [-0.4, -0.2) is 37.9 Å². The van der Waals surface area contributed by atoms with Gasteiger partial charge in [0, 0.05) is 31.1 Å². The van der Waals surface area contributed by atoms with E-state index in [-0.39, 0.29) is 10.0 Å². The van der Waals surface area contributed by atoms with Gasteiger partial charge in [0.1, 0.15) is 4.21 Å². The van der Waals surface area contributed by atoms with E-state index in [2.05, 4.69) is 39.6 Å². The second-order valence-electron chi connectivity index (χ2n) is 9.26. The third-order valence-electron chi connectivity index (χ3n) is 6.94. The molecule has 0 amide bonds. The van der Waals surface area contributed by atoms with Crippen LogP contribution in [0.3, 0.4) is 0 Å². The van der Waals surface area contributed by atoms with Gasteiger partial charge in [-0.25, -0.2) is 5.43 Å². The normalized spacial score (nSPS) is 22.7. The molecule has 2 bridgehead atoms. The Bertz CT molecular complexity index is 1220. The zero-order valence-corrected chi connectivity index (χ0v) is 20.7. The molecule has 1 saturated heterocycles. The predicted octanol–water partition coefficient (Wildman–Crippen LogP) is 4.45. The van der Waals surface area contributed by atoms with Crippen molar-refractivity contribution in [3.63, 3.8) is 0 Å². The van der Waals surface area contributed by atoms with Gasteiger partial charge in [0.15, 0.2) is 5.82 Å². The van der Waals surface area contributed by atoms with E-state index in [1.54, 1.807) is 12.1 Å². The Labute approximate surface area is 204 Å². The van der Waals surface area contributed by atoms with Gasteiger partial charge in [-0.3, -0.25) is 4.90 Å². The zero-order valence-electron chi connectivity index (χ0n) is 19.1. The SMILES string of the molecule is Cc1ccc(S(=O)(=O)N(NCC2C3CCC2CN(Cc2ccccc2)C3)c2cccc(F)n2)s1. The molecular formula is C25H29FN4O2S2. The van der Waals surface area contributed by atoms with Gasteiger partial charge < -0.3 is 0 Å². The van der Waals surface area contributed by atoms with Gasteiger partial charge in [-0.1, -0.05) is 36.4 Å². The molecule has 2 fully saturated rings. The number of nitrogens with zero attached hydrogens (tertiary/aromatic N) is 3. The molecule has 34 heavy (non-hydrogen) atoms. The van der Waals surface area contributed by atoms with Crippen molar-refractivity contribution in [2.24, 2.45) is 17.8 Å². The number of benzene rings is 1. The molecule has 1 aliphatic heterocycles. The topological polar surface area (TPSA) is 65.5 Å². The van der Waals surface area contributed by atoms with Crippen molar-refractivity contribution < 1.29 is 12.8 Å². The maximum absolute atomic E-state index is 13.9. The Kier molecular flexibility index (Phi) is 6.70. The molecule has 2 aromatic heterocycles. The summed E-state index contributed by atoms with van der Waals surface area (Å²) in [4.78, 5) is 7.28. The van der Waals surface area contributed by atoms with E-state index in [9.17, 15) is 12.8 Å². The molecule has 3 aromatic rings. The fourth-order valence-electron chi connectivity index (χ4n) is 5.37. The minimum absolute atomic E-state index is 0.0416. The zero-order chi connectivity index (χ0) is 23.7. The van der Waals surface area contributed by atoms with Crippen LogP contribution < -0.4 is 9.84 Å². The summed E-state index contributed by atoms with van der Waals surface area (Å²) < 4.78 is 42.1. The summed E-state index contributed by atoms with van der Waals surface area (Å²) in [5.41, 5.74) is 4.47. The highest BCUT2D eigenvalue weighted by Gasteiger charge is 2.42. The highest BCUT2D eigenvalue weighted by Crippen LogP contribution is 2.42. The van der Waals surface area contributed by atoms with E-state index in [0.717, 1.165) is 41.8 Å². The lowest BCUT2D eigenvalue weighted by atomic mass is 9.85. The van der Waals surface area contributed by atoms with Crippen molar-refractivity contribution in [1.82, 2.24) is 15.3 Å². The summed E-state index contributed by atoms with van der Waals surface area (Å²) >= 11 is 1.20. The summed E-state index contributed by atoms with van der Waals surface area (Å²) in [5.74, 6) is 0.701. The minimum Gasteiger partial charge on any atom is -0.299 e. The number of aromatic nitrogens is 1. The third kappa shape index (κ3) is 4.88. The number of halogens is 1. The summed E-state index contributed by atoms with van der Waals surface area (Å²) in [6.07, 6.45) is 2.30. The number of hydrazine groups is 1. The molecule has 1 aliphatic carbocycles. The average Bonchev–Trinajstić information content (AvgIpc) is 3.35. The number of likely N-dealkylation sites (tertiary alicyclic amines) is 1.